The van der Waals surface area contributed by atoms with E-state index in [0.29, 0.717) is 28.1 Å². The van der Waals surface area contributed by atoms with Crippen LogP contribution < -0.4 is 9.80 Å². The molecule has 1 saturated carbocycles. The maximum absolute atomic E-state index is 14.5. The molecule has 0 N–H and O–H groups in total. The van der Waals surface area contributed by atoms with Gasteiger partial charge >= 0.3 is 0 Å². The minimum atomic E-state index is -1.54. The van der Waals surface area contributed by atoms with Crippen molar-refractivity contribution in [2.75, 3.05) is 16.8 Å². The fourth-order valence-corrected chi connectivity index (χ4v) is 7.40. The zero-order valence-corrected chi connectivity index (χ0v) is 21.5. The third-order valence-corrected chi connectivity index (χ3v) is 9.10. The van der Waals surface area contributed by atoms with E-state index in [1.807, 2.05) is 30.3 Å². The van der Waals surface area contributed by atoms with Crippen LogP contribution in [0.2, 0.25) is 5.02 Å². The van der Waals surface area contributed by atoms with Crippen molar-refractivity contribution in [3.63, 3.8) is 0 Å². The van der Waals surface area contributed by atoms with Gasteiger partial charge in [0.15, 0.2) is 5.78 Å². The van der Waals surface area contributed by atoms with Gasteiger partial charge in [0, 0.05) is 24.2 Å². The molecule has 6 rings (SSSR count). The van der Waals surface area contributed by atoms with Crippen molar-refractivity contribution < 1.29 is 19.2 Å². The first-order valence-electron chi connectivity index (χ1n) is 12.3. The molecule has 0 bridgehead atoms. The number of nitrogens with zero attached hydrogens (tertiary/aromatic N) is 2. The molecule has 186 valence electrons. The summed E-state index contributed by atoms with van der Waals surface area (Å²) in [5.74, 6) is -3.25. The maximum atomic E-state index is 14.5. The van der Waals surface area contributed by atoms with E-state index in [1.54, 1.807) is 63.4 Å². The van der Waals surface area contributed by atoms with Crippen molar-refractivity contribution in [1.29, 1.82) is 0 Å². The normalized spacial score (nSPS) is 28.3. The maximum Gasteiger partial charge on any atom is 0.242 e. The molecule has 0 radical (unpaired) electrons. The number of halogens is 1. The highest BCUT2D eigenvalue weighted by Crippen LogP contribution is 2.68. The number of fused-ring (bicyclic) bond motifs is 4. The number of hydrogen-bond donors (Lipinski definition) is 0. The summed E-state index contributed by atoms with van der Waals surface area (Å²) < 4.78 is 0. The summed E-state index contributed by atoms with van der Waals surface area (Å²) in [4.78, 5) is 59.7. The van der Waals surface area contributed by atoms with E-state index in [-0.39, 0.29) is 23.1 Å². The van der Waals surface area contributed by atoms with Crippen LogP contribution in [-0.4, -0.2) is 30.6 Å². The molecule has 3 amide bonds. The zero-order chi connectivity index (χ0) is 26.3. The Labute approximate surface area is 219 Å². The fraction of sp³-hybridized carbons (Fsp3) is 0.267. The minimum absolute atomic E-state index is 0.0860. The summed E-state index contributed by atoms with van der Waals surface area (Å²) >= 11 is 6.51. The number of hydrogen-bond acceptors (Lipinski definition) is 4. The second-order valence-corrected chi connectivity index (χ2v) is 10.8. The lowest BCUT2D eigenvalue weighted by Crippen LogP contribution is -2.57. The molecule has 3 aliphatic rings. The lowest BCUT2D eigenvalue weighted by Gasteiger charge is -2.40. The van der Waals surface area contributed by atoms with Crippen molar-refractivity contribution in [1.82, 2.24) is 0 Å². The molecule has 0 aromatic heterocycles. The molecule has 7 heteroatoms. The third kappa shape index (κ3) is 2.71. The van der Waals surface area contributed by atoms with E-state index in [4.69, 9.17) is 11.6 Å². The number of Topliss-reactive ketones (excluding diaryl/α,β-unsaturated/α-hetero) is 1. The number of anilines is 2. The number of carbonyl (C=O) groups excluding carboxylic acids is 4. The molecule has 2 aliphatic heterocycles. The summed E-state index contributed by atoms with van der Waals surface area (Å²) in [6, 6.07) is 21.2. The van der Waals surface area contributed by atoms with E-state index in [9.17, 15) is 19.2 Å². The Morgan fingerprint density at radius 3 is 2.30 bits per heavy atom. The first kappa shape index (κ1) is 23.6. The van der Waals surface area contributed by atoms with E-state index < -0.39 is 34.5 Å². The number of rotatable bonds is 3. The SMILES string of the molecule is Cc1cccc(Cl)c1N1C(=O)[C@@H]2C[C@H](C(=O)c3ccccc3)[C@]3(C(=O)N(C)c4ccccc43)[C@]2(C)C1=O. The van der Waals surface area contributed by atoms with Gasteiger partial charge in [-0.1, -0.05) is 72.3 Å². The van der Waals surface area contributed by atoms with Crippen LogP contribution in [0.5, 0.6) is 0 Å². The van der Waals surface area contributed by atoms with Gasteiger partial charge in [0.25, 0.3) is 0 Å². The van der Waals surface area contributed by atoms with Gasteiger partial charge in [-0.3, -0.25) is 19.2 Å². The summed E-state index contributed by atoms with van der Waals surface area (Å²) in [6.45, 7) is 3.48. The topological polar surface area (TPSA) is 74.8 Å². The fourth-order valence-electron chi connectivity index (χ4n) is 7.09. The van der Waals surface area contributed by atoms with Crippen LogP contribution in [-0.2, 0) is 19.8 Å². The second kappa shape index (κ2) is 7.86. The van der Waals surface area contributed by atoms with E-state index in [0.717, 1.165) is 4.90 Å². The van der Waals surface area contributed by atoms with Gasteiger partial charge in [0.1, 0.15) is 5.41 Å². The Balaban J connectivity index is 1.62. The van der Waals surface area contributed by atoms with Gasteiger partial charge < -0.3 is 4.90 Å². The number of benzene rings is 3. The summed E-state index contributed by atoms with van der Waals surface area (Å²) in [7, 11) is 1.66. The van der Waals surface area contributed by atoms with Crippen molar-refractivity contribution in [3.05, 3.63) is 94.5 Å². The predicted molar refractivity (Wildman–Crippen MR) is 141 cm³/mol. The summed E-state index contributed by atoms with van der Waals surface area (Å²) in [6.07, 6.45) is 0.0860. The molecule has 3 aromatic rings. The highest BCUT2D eigenvalue weighted by Gasteiger charge is 2.80. The molecule has 2 fully saturated rings. The van der Waals surface area contributed by atoms with Crippen LogP contribution in [0, 0.1) is 24.2 Å². The van der Waals surface area contributed by atoms with Crippen LogP contribution in [0.3, 0.4) is 0 Å². The molecule has 1 aliphatic carbocycles. The molecule has 0 unspecified atom stereocenters. The number of carbonyl (C=O) groups is 4. The Morgan fingerprint density at radius 1 is 0.919 bits per heavy atom. The van der Waals surface area contributed by atoms with Crippen LogP contribution >= 0.6 is 11.6 Å². The predicted octanol–water partition coefficient (Wildman–Crippen LogP) is 4.96. The third-order valence-electron chi connectivity index (χ3n) is 8.80. The molecule has 3 aromatic carbocycles. The van der Waals surface area contributed by atoms with Gasteiger partial charge in [-0.25, -0.2) is 4.90 Å². The molecule has 4 atom stereocenters. The summed E-state index contributed by atoms with van der Waals surface area (Å²) in [5.41, 5.74) is -0.292. The number of likely N-dealkylation sites (N-methyl/N-ethyl adjacent to an activating group) is 1. The van der Waals surface area contributed by atoms with Gasteiger partial charge in [-0.2, -0.15) is 0 Å². The molecule has 1 saturated heterocycles. The van der Waals surface area contributed by atoms with Gasteiger partial charge in [0.05, 0.1) is 22.0 Å². The van der Waals surface area contributed by atoms with E-state index in [2.05, 4.69) is 0 Å². The average Bonchev–Trinajstić information content (AvgIpc) is 3.39. The first-order valence-corrected chi connectivity index (χ1v) is 12.7. The second-order valence-electron chi connectivity index (χ2n) is 10.3. The zero-order valence-electron chi connectivity index (χ0n) is 20.7. The molecule has 1 spiro atoms. The first-order chi connectivity index (χ1) is 17.7. The average molecular weight is 513 g/mol. The Hall–Kier alpha value is -3.77. The minimum Gasteiger partial charge on any atom is -0.314 e. The van der Waals surface area contributed by atoms with Gasteiger partial charge in [0.2, 0.25) is 17.7 Å². The standard InChI is InChI=1S/C30H25ClN2O4/c1-17-10-9-14-22(31)24(17)33-26(35)21-16-20(25(34)18-11-5-4-6-12-18)30(29(21,2)27(33)36)19-13-7-8-15-23(19)32(3)28(30)37/h4-15,20-21H,16H2,1-3H3/t20-,21+,29+,30-/m1/s1. The number of para-hydroxylation sites is 2. The van der Waals surface area contributed by atoms with Crippen LogP contribution in [0.15, 0.2) is 72.8 Å². The lowest BCUT2D eigenvalue weighted by atomic mass is 9.57. The van der Waals surface area contributed by atoms with Gasteiger partial charge in [-0.15, -0.1) is 0 Å². The lowest BCUT2D eigenvalue weighted by molar-refractivity contribution is -0.138. The summed E-state index contributed by atoms with van der Waals surface area (Å²) in [5, 5.41) is 0.284. The highest BCUT2D eigenvalue weighted by molar-refractivity contribution is 6.37. The Kier molecular flexibility index (Phi) is 5.02. The van der Waals surface area contributed by atoms with Crippen molar-refractivity contribution in [2.45, 2.75) is 25.7 Å². The van der Waals surface area contributed by atoms with Crippen molar-refractivity contribution >= 4 is 46.5 Å². The van der Waals surface area contributed by atoms with Crippen LogP contribution in [0.4, 0.5) is 11.4 Å². The van der Waals surface area contributed by atoms with Crippen molar-refractivity contribution in [3.8, 4) is 0 Å². The number of aryl methyl sites for hydroxylation is 1. The molecule has 2 heterocycles. The smallest absolute Gasteiger partial charge is 0.242 e. The van der Waals surface area contributed by atoms with Crippen LogP contribution in [0.25, 0.3) is 0 Å². The number of imide groups is 1. The van der Waals surface area contributed by atoms with E-state index >= 15 is 0 Å². The monoisotopic (exact) mass is 512 g/mol. The van der Waals surface area contributed by atoms with E-state index in [1.165, 1.54) is 4.90 Å². The molecule has 6 nitrogen and oxygen atoms in total. The molecular formula is C30H25ClN2O4. The van der Waals surface area contributed by atoms with Crippen molar-refractivity contribution in [2.24, 2.45) is 17.3 Å². The Morgan fingerprint density at radius 2 is 1.59 bits per heavy atom. The number of ketones is 1. The van der Waals surface area contributed by atoms with Crippen LogP contribution in [0.1, 0.15) is 34.8 Å². The highest BCUT2D eigenvalue weighted by atomic mass is 35.5. The quantitative estimate of drug-likeness (QED) is 0.367. The molecule has 37 heavy (non-hydrogen) atoms. The van der Waals surface area contributed by atoms with Gasteiger partial charge in [-0.05, 0) is 43.5 Å². The largest absolute Gasteiger partial charge is 0.314 e. The number of amides is 3. The molecular weight excluding hydrogens is 488 g/mol. The Bertz CT molecular complexity index is 1500.